The largest absolute Gasteiger partial charge is 0.496 e. The molecule has 4 aromatic rings. The molecule has 2 unspecified atom stereocenters. The van der Waals surface area contributed by atoms with Gasteiger partial charge in [0.25, 0.3) is 15.9 Å². The number of methoxy groups -OCH3 is 1. The molecule has 2 saturated heterocycles. The van der Waals surface area contributed by atoms with E-state index in [2.05, 4.69) is 25.3 Å². The minimum Gasteiger partial charge on any atom is -0.496 e. The van der Waals surface area contributed by atoms with Crippen molar-refractivity contribution >= 4 is 55.4 Å². The molecular formula is C43H56N8O8S2. The number of carbonyl (C=O) groups excluding carboxylic acids is 3. The van der Waals surface area contributed by atoms with Gasteiger partial charge >= 0.3 is 6.09 Å². The number of aliphatic hydroxyl groups is 1. The molecule has 6 rings (SSSR count). The highest BCUT2D eigenvalue weighted by Gasteiger charge is 2.54. The summed E-state index contributed by atoms with van der Waals surface area (Å²) in [5, 5.41) is 21.4. The van der Waals surface area contributed by atoms with Gasteiger partial charge in [0, 0.05) is 26.1 Å². The second kappa shape index (κ2) is 18.4. The summed E-state index contributed by atoms with van der Waals surface area (Å²) in [6.45, 7) is 11.3. The van der Waals surface area contributed by atoms with Crippen molar-refractivity contribution in [1.82, 2.24) is 30.4 Å². The Morgan fingerprint density at radius 1 is 1.08 bits per heavy atom. The predicted molar refractivity (Wildman–Crippen MR) is 233 cm³/mol. The lowest BCUT2D eigenvalue weighted by Crippen LogP contribution is -2.70. The van der Waals surface area contributed by atoms with E-state index >= 15 is 0 Å². The lowest BCUT2D eigenvalue weighted by atomic mass is 9.84. The molecule has 328 valence electrons. The number of aromatic nitrogens is 1. The van der Waals surface area contributed by atoms with Crippen molar-refractivity contribution < 1.29 is 37.4 Å². The van der Waals surface area contributed by atoms with Crippen LogP contribution in [0, 0.1) is 20.8 Å². The van der Waals surface area contributed by atoms with Crippen molar-refractivity contribution in [1.29, 1.82) is 0 Å². The van der Waals surface area contributed by atoms with E-state index < -0.39 is 57.3 Å². The van der Waals surface area contributed by atoms with E-state index in [4.69, 9.17) is 15.2 Å². The monoisotopic (exact) mass is 876 g/mol. The molecule has 4 atom stereocenters. The van der Waals surface area contributed by atoms with Crippen LogP contribution in [-0.4, -0.2) is 102 Å². The molecule has 0 saturated carbocycles. The maximum absolute atomic E-state index is 14.7. The van der Waals surface area contributed by atoms with Crippen LogP contribution in [0.4, 0.5) is 4.79 Å². The summed E-state index contributed by atoms with van der Waals surface area (Å²) >= 11 is 1.31. The molecule has 0 aliphatic carbocycles. The minimum absolute atomic E-state index is 0.0626. The van der Waals surface area contributed by atoms with Crippen molar-refractivity contribution in [2.75, 3.05) is 26.7 Å². The fraction of sp³-hybridized carbons (Fsp3) is 0.465. The SMILES string of the molecule is COc1cc(C)c(S(=O)(=O)NC(N)=NCCCC(NC(=O)[C@@H]2CCN3CC[C@](Cc4ccccc4)(NC(=O)OC(C)(C)C)C(=O)N23)C(O)c2nc3ccccc3s2)c(C)c1C. The first-order chi connectivity index (χ1) is 28.8. The average molecular weight is 877 g/mol. The maximum atomic E-state index is 14.7. The second-order valence-electron chi connectivity index (χ2n) is 16.6. The van der Waals surface area contributed by atoms with Crippen molar-refractivity contribution in [2.45, 2.75) is 108 Å². The number of aryl methyl sites for hydroxylation is 1. The number of guanidine groups is 1. The number of thiazole rings is 1. The summed E-state index contributed by atoms with van der Waals surface area (Å²) < 4.78 is 41.1. The number of hydrazine groups is 1. The Labute approximate surface area is 360 Å². The standard InChI is InChI=1S/C43H56N8O8S2/c1-26-24-33(58-7)27(2)28(3)36(26)61(56,57)49-40(44)45-21-13-17-31(35(52)38-47-30-16-11-12-18-34(30)60-38)46-37(53)32-19-22-50-23-20-43(39(54)51(32)50,25-29-14-9-8-10-15-29)48-41(55)59-42(4,5)6/h8-12,14-16,18,24,31-32,35,52H,13,17,19-23,25H2,1-7H3,(H,46,53)(H,48,55)(H3,44,45,49)/t31?,32-,35?,43+/m0/s1. The first kappa shape index (κ1) is 45.2. The number of amides is 3. The first-order valence-electron chi connectivity index (χ1n) is 20.3. The number of carbonyl (C=O) groups is 3. The molecule has 1 aromatic heterocycles. The van der Waals surface area contributed by atoms with Crippen LogP contribution >= 0.6 is 11.3 Å². The number of aliphatic imine (C=N–C) groups is 1. The number of fused-ring (bicyclic) bond motifs is 2. The molecule has 18 heteroatoms. The topological polar surface area (TPSA) is 218 Å². The summed E-state index contributed by atoms with van der Waals surface area (Å²) in [7, 11) is -2.57. The van der Waals surface area contributed by atoms with Crippen LogP contribution in [0.25, 0.3) is 10.2 Å². The van der Waals surface area contributed by atoms with Crippen molar-refractivity contribution in [2.24, 2.45) is 10.7 Å². The van der Waals surface area contributed by atoms with Gasteiger partial charge in [-0.3, -0.25) is 19.6 Å². The molecule has 3 heterocycles. The van der Waals surface area contributed by atoms with Gasteiger partial charge in [-0.15, -0.1) is 11.3 Å². The Kier molecular flexibility index (Phi) is 13.6. The van der Waals surface area contributed by atoms with Gasteiger partial charge < -0.3 is 30.9 Å². The Balaban J connectivity index is 1.21. The average Bonchev–Trinajstić information content (AvgIpc) is 3.83. The lowest BCUT2D eigenvalue weighted by molar-refractivity contribution is -0.167. The minimum atomic E-state index is -4.10. The summed E-state index contributed by atoms with van der Waals surface area (Å²) in [6, 6.07) is 16.7. The Morgan fingerprint density at radius 2 is 1.79 bits per heavy atom. The lowest BCUT2D eigenvalue weighted by Gasteiger charge is -2.46. The van der Waals surface area contributed by atoms with E-state index in [0.29, 0.717) is 58.9 Å². The molecule has 2 aliphatic heterocycles. The molecule has 3 aromatic carbocycles. The third kappa shape index (κ3) is 10.3. The normalized spacial score (nSPS) is 19.6. The molecule has 61 heavy (non-hydrogen) atoms. The number of nitrogens with zero attached hydrogens (tertiary/aromatic N) is 4. The number of sulfonamides is 1. The Bertz CT molecular complexity index is 2370. The van der Waals surface area contributed by atoms with Crippen LogP contribution in [0.1, 0.15) is 79.8 Å². The number of rotatable bonds is 14. The van der Waals surface area contributed by atoms with Crippen LogP contribution in [0.5, 0.6) is 5.75 Å². The van der Waals surface area contributed by atoms with Gasteiger partial charge in [-0.1, -0.05) is 42.5 Å². The summed E-state index contributed by atoms with van der Waals surface area (Å²) in [5.74, 6) is -0.653. The third-order valence-electron chi connectivity index (χ3n) is 11.0. The van der Waals surface area contributed by atoms with Gasteiger partial charge in [-0.2, -0.15) is 0 Å². The summed E-state index contributed by atoms with van der Waals surface area (Å²) in [6.07, 6.45) is -0.680. The third-order valence-corrected chi connectivity index (χ3v) is 13.8. The molecule has 3 amide bonds. The highest BCUT2D eigenvalue weighted by molar-refractivity contribution is 7.90. The fourth-order valence-electron chi connectivity index (χ4n) is 8.00. The van der Waals surface area contributed by atoms with Gasteiger partial charge in [0.1, 0.15) is 34.0 Å². The van der Waals surface area contributed by atoms with Gasteiger partial charge in [0.05, 0.1) is 28.3 Å². The van der Waals surface area contributed by atoms with Gasteiger partial charge in [0.15, 0.2) is 0 Å². The van der Waals surface area contributed by atoms with Crippen LogP contribution in [0.15, 0.2) is 70.6 Å². The van der Waals surface area contributed by atoms with E-state index in [1.807, 2.05) is 59.6 Å². The van der Waals surface area contributed by atoms with Crippen molar-refractivity contribution in [3.05, 3.63) is 87.9 Å². The van der Waals surface area contributed by atoms with Gasteiger partial charge in [-0.25, -0.2) is 27.9 Å². The number of aliphatic hydroxyl groups excluding tert-OH is 1. The predicted octanol–water partition coefficient (Wildman–Crippen LogP) is 4.55. The van der Waals surface area contributed by atoms with Crippen molar-refractivity contribution in [3.8, 4) is 5.75 Å². The molecule has 6 N–H and O–H groups in total. The van der Waals surface area contributed by atoms with E-state index in [1.54, 1.807) is 47.6 Å². The number of alkyl carbamates (subject to hydrolysis) is 1. The van der Waals surface area contributed by atoms with Crippen molar-refractivity contribution in [3.63, 3.8) is 0 Å². The van der Waals surface area contributed by atoms with E-state index in [1.165, 1.54) is 23.5 Å². The number of ether oxygens (including phenoxy) is 2. The fourth-order valence-corrected chi connectivity index (χ4v) is 10.5. The van der Waals surface area contributed by atoms with Gasteiger partial charge in [-0.05, 0) is 108 Å². The number of hydrogen-bond acceptors (Lipinski definition) is 12. The zero-order chi connectivity index (χ0) is 44.3. The number of hydrogen-bond donors (Lipinski definition) is 5. The van der Waals surface area contributed by atoms with Crippen LogP contribution < -0.4 is 25.8 Å². The smallest absolute Gasteiger partial charge is 0.408 e. The van der Waals surface area contributed by atoms with Crippen LogP contribution in [0.3, 0.4) is 0 Å². The Hall–Kier alpha value is -5.30. The zero-order valence-electron chi connectivity index (χ0n) is 35.7. The molecule has 0 spiro atoms. The number of nitrogens with one attached hydrogen (secondary N) is 3. The first-order valence-corrected chi connectivity index (χ1v) is 22.6. The quantitative estimate of drug-likeness (QED) is 0.0673. The molecule has 2 fully saturated rings. The molecule has 16 nitrogen and oxygen atoms in total. The van der Waals surface area contributed by atoms with E-state index in [-0.39, 0.29) is 36.7 Å². The molecule has 0 bridgehead atoms. The second-order valence-corrected chi connectivity index (χ2v) is 19.3. The Morgan fingerprint density at radius 3 is 2.48 bits per heavy atom. The van der Waals surface area contributed by atoms with Crippen LogP contribution in [0.2, 0.25) is 0 Å². The maximum Gasteiger partial charge on any atom is 0.408 e. The summed E-state index contributed by atoms with van der Waals surface area (Å²) in [5.41, 5.74) is 7.12. The summed E-state index contributed by atoms with van der Waals surface area (Å²) in [4.78, 5) is 51.4. The molecule has 0 radical (unpaired) electrons. The van der Waals surface area contributed by atoms with E-state index in [0.717, 1.165) is 10.3 Å². The molecule has 2 aliphatic rings. The number of benzene rings is 3. The highest BCUT2D eigenvalue weighted by Crippen LogP contribution is 2.35. The van der Waals surface area contributed by atoms with E-state index in [9.17, 15) is 27.9 Å². The molecular weight excluding hydrogens is 821 g/mol. The highest BCUT2D eigenvalue weighted by atomic mass is 32.2. The van der Waals surface area contributed by atoms with Crippen LogP contribution in [-0.2, 0) is 30.8 Å². The zero-order valence-corrected chi connectivity index (χ0v) is 37.3. The number of para-hydroxylation sites is 1. The number of nitrogens with two attached hydrogens (primary N) is 1. The van der Waals surface area contributed by atoms with Gasteiger partial charge in [0.2, 0.25) is 11.9 Å².